The van der Waals surface area contributed by atoms with Gasteiger partial charge in [-0.3, -0.25) is 9.36 Å². The first-order valence-corrected chi connectivity index (χ1v) is 33.0. The molecule has 78 heavy (non-hydrogen) atoms. The van der Waals surface area contributed by atoms with Crippen molar-refractivity contribution >= 4 is 13.7 Å². The number of hydrogen-bond acceptors (Lipinski definition) is 6. The lowest BCUT2D eigenvalue weighted by molar-refractivity contribution is -0.870. The van der Waals surface area contributed by atoms with Gasteiger partial charge in [0.2, 0.25) is 5.91 Å². The molecule has 0 aliphatic carbocycles. The molecular formula is C69H119N2O6P. The van der Waals surface area contributed by atoms with Crippen LogP contribution in [0.2, 0.25) is 0 Å². The second kappa shape index (κ2) is 58.3. The molecule has 3 atom stereocenters. The molecule has 2 N–H and O–H groups in total. The molecule has 8 nitrogen and oxygen atoms in total. The molecule has 0 aromatic heterocycles. The van der Waals surface area contributed by atoms with Gasteiger partial charge in [-0.2, -0.15) is 0 Å². The fourth-order valence-electron chi connectivity index (χ4n) is 8.46. The monoisotopic (exact) mass is 1100 g/mol. The van der Waals surface area contributed by atoms with Crippen molar-refractivity contribution in [3.05, 3.63) is 134 Å². The Labute approximate surface area is 481 Å². The van der Waals surface area contributed by atoms with Crippen molar-refractivity contribution in [2.24, 2.45) is 0 Å². The summed E-state index contributed by atoms with van der Waals surface area (Å²) < 4.78 is 23.4. The predicted molar refractivity (Wildman–Crippen MR) is 338 cm³/mol. The Hall–Kier alpha value is -3.36. The summed E-state index contributed by atoms with van der Waals surface area (Å²) >= 11 is 0. The fourth-order valence-corrected chi connectivity index (χ4v) is 9.18. The van der Waals surface area contributed by atoms with Crippen molar-refractivity contribution in [2.75, 3.05) is 40.9 Å². The Morgan fingerprint density at radius 3 is 1.19 bits per heavy atom. The van der Waals surface area contributed by atoms with Crippen molar-refractivity contribution < 1.29 is 32.9 Å². The first-order chi connectivity index (χ1) is 38.0. The average molecular weight is 1100 g/mol. The third-order valence-corrected chi connectivity index (χ3v) is 14.3. The van der Waals surface area contributed by atoms with Crippen molar-refractivity contribution in [2.45, 2.75) is 257 Å². The highest BCUT2D eigenvalue weighted by atomic mass is 31.2. The predicted octanol–water partition coefficient (Wildman–Crippen LogP) is 19.2. The van der Waals surface area contributed by atoms with E-state index in [0.717, 1.165) is 96.3 Å². The number of aliphatic hydroxyl groups excluding tert-OH is 1. The summed E-state index contributed by atoms with van der Waals surface area (Å²) in [5, 5.41) is 13.9. The van der Waals surface area contributed by atoms with Crippen LogP contribution < -0.4 is 10.2 Å². The zero-order valence-corrected chi connectivity index (χ0v) is 51.7. The third-order valence-electron chi connectivity index (χ3n) is 13.3. The van der Waals surface area contributed by atoms with Gasteiger partial charge in [0, 0.05) is 6.42 Å². The van der Waals surface area contributed by atoms with Crippen LogP contribution in [0.4, 0.5) is 0 Å². The number of amides is 1. The number of nitrogens with zero attached hydrogens (tertiary/aromatic N) is 1. The topological polar surface area (TPSA) is 108 Å². The number of carbonyl (C=O) groups excluding carboxylic acids is 1. The van der Waals surface area contributed by atoms with Crippen LogP contribution in [0, 0.1) is 0 Å². The van der Waals surface area contributed by atoms with Crippen molar-refractivity contribution in [3.63, 3.8) is 0 Å². The molecule has 0 radical (unpaired) electrons. The van der Waals surface area contributed by atoms with Gasteiger partial charge in [-0.05, 0) is 103 Å². The number of hydrogen-bond donors (Lipinski definition) is 2. The van der Waals surface area contributed by atoms with E-state index >= 15 is 0 Å². The Balaban J connectivity index is 4.33. The highest BCUT2D eigenvalue weighted by Gasteiger charge is 2.23. The van der Waals surface area contributed by atoms with E-state index in [9.17, 15) is 19.4 Å². The molecule has 0 aliphatic heterocycles. The molecule has 0 heterocycles. The maximum Gasteiger partial charge on any atom is 0.268 e. The smallest absolute Gasteiger partial charge is 0.268 e. The van der Waals surface area contributed by atoms with E-state index in [1.807, 2.05) is 27.2 Å². The minimum absolute atomic E-state index is 0.0207. The highest BCUT2D eigenvalue weighted by Crippen LogP contribution is 2.38. The van der Waals surface area contributed by atoms with Gasteiger partial charge in [-0.25, -0.2) is 0 Å². The van der Waals surface area contributed by atoms with E-state index in [1.165, 1.54) is 122 Å². The largest absolute Gasteiger partial charge is 0.756 e. The van der Waals surface area contributed by atoms with E-state index in [1.54, 1.807) is 6.08 Å². The van der Waals surface area contributed by atoms with Crippen LogP contribution in [0.3, 0.4) is 0 Å². The Kier molecular flexibility index (Phi) is 55.8. The van der Waals surface area contributed by atoms with Crippen molar-refractivity contribution in [1.29, 1.82) is 0 Å². The number of unbranched alkanes of at least 4 members (excludes halogenated alkanes) is 23. The lowest BCUT2D eigenvalue weighted by Crippen LogP contribution is -2.45. The average Bonchev–Trinajstić information content (AvgIpc) is 3.41. The van der Waals surface area contributed by atoms with Crippen molar-refractivity contribution in [3.8, 4) is 0 Å². The molecular weight excluding hydrogens is 984 g/mol. The maximum absolute atomic E-state index is 13.0. The standard InChI is InChI=1S/C69H119N2O6P/c1-6-8-10-12-14-16-18-20-22-24-26-28-30-32-33-34-35-36-37-39-41-43-45-47-49-51-53-55-57-59-61-63-69(73)70-67(66-77-78(74,75)76-65-64-71(3,4)5)68(72)62-60-58-56-54-52-50-48-46-44-42-40-38-31-29-27-25-23-21-19-17-15-13-11-9-7-2/h8,10,14,16,20,22,26,28,32-33,35-36,39,41,45,47,51-54,60,62,67-68,72H,6-7,9,11-13,15,17-19,21,23-25,27,29-31,34,37-38,40,42-44,46,48-50,55-59,61,63-66H2,1-5H3,(H-,70,73,74,75)/b10-8-,16-14-,22-20-,28-26-,33-32-,36-35-,41-39-,47-45-,53-51-,54-52+,62-60+. The normalized spacial score (nSPS) is 14.7. The van der Waals surface area contributed by atoms with Crippen LogP contribution in [-0.2, 0) is 18.4 Å². The summed E-state index contributed by atoms with van der Waals surface area (Å²) in [6.45, 7) is 4.49. The number of carbonyl (C=O) groups is 1. The quantitative estimate of drug-likeness (QED) is 0.0272. The Morgan fingerprint density at radius 1 is 0.462 bits per heavy atom. The number of phosphoric acid groups is 1. The van der Waals surface area contributed by atoms with Crippen LogP contribution in [0.5, 0.6) is 0 Å². The third kappa shape index (κ3) is 60.3. The van der Waals surface area contributed by atoms with Crippen LogP contribution in [0.15, 0.2) is 134 Å². The second-order valence-corrected chi connectivity index (χ2v) is 23.4. The summed E-state index contributed by atoms with van der Waals surface area (Å²) in [4.78, 5) is 25.5. The second-order valence-electron chi connectivity index (χ2n) is 22.0. The van der Waals surface area contributed by atoms with Gasteiger partial charge in [0.15, 0.2) is 0 Å². The molecule has 0 aliphatic rings. The SMILES string of the molecule is CC/C=C\C/C=C\C/C=C\C/C=C\C/C=C\C/C=C\C/C=C\C/C=C\C/C=C\CCCCCC(=O)NC(COP(=O)([O-])OCC[N+](C)(C)C)C(O)/C=C/CC/C=C/CCCCCCCCCCCCCCCCCCCCC. The van der Waals surface area contributed by atoms with Gasteiger partial charge < -0.3 is 28.8 Å². The van der Waals surface area contributed by atoms with E-state index in [-0.39, 0.29) is 18.9 Å². The number of allylic oxidation sites excluding steroid dienone is 21. The van der Waals surface area contributed by atoms with E-state index < -0.39 is 26.6 Å². The van der Waals surface area contributed by atoms with Crippen molar-refractivity contribution in [1.82, 2.24) is 5.32 Å². The highest BCUT2D eigenvalue weighted by molar-refractivity contribution is 7.45. The Bertz CT molecular complexity index is 1730. The van der Waals surface area contributed by atoms with Gasteiger partial charge >= 0.3 is 0 Å². The molecule has 0 bridgehead atoms. The number of aliphatic hydroxyl groups is 1. The van der Waals surface area contributed by atoms with E-state index in [0.29, 0.717) is 17.4 Å². The lowest BCUT2D eigenvalue weighted by atomic mass is 10.0. The van der Waals surface area contributed by atoms with Crippen LogP contribution >= 0.6 is 7.82 Å². The summed E-state index contributed by atoms with van der Waals surface area (Å²) in [6.07, 6.45) is 88.3. The zero-order chi connectivity index (χ0) is 57.0. The van der Waals surface area contributed by atoms with Crippen LogP contribution in [0.25, 0.3) is 0 Å². The first-order valence-electron chi connectivity index (χ1n) is 31.5. The van der Waals surface area contributed by atoms with Crippen LogP contribution in [0.1, 0.15) is 245 Å². The zero-order valence-electron chi connectivity index (χ0n) is 50.8. The molecule has 0 spiro atoms. The summed E-state index contributed by atoms with van der Waals surface area (Å²) in [5.41, 5.74) is 0. The molecule has 446 valence electrons. The maximum atomic E-state index is 13.0. The molecule has 0 fully saturated rings. The molecule has 0 aromatic rings. The number of quaternary nitrogens is 1. The van der Waals surface area contributed by atoms with Gasteiger partial charge in [-0.1, -0.05) is 270 Å². The summed E-state index contributed by atoms with van der Waals surface area (Å²) in [7, 11) is 1.20. The Morgan fingerprint density at radius 2 is 0.795 bits per heavy atom. The lowest BCUT2D eigenvalue weighted by Gasteiger charge is -2.29. The van der Waals surface area contributed by atoms with Gasteiger partial charge in [-0.15, -0.1) is 0 Å². The summed E-state index contributed by atoms with van der Waals surface area (Å²) in [6, 6.07) is -0.933. The first kappa shape index (κ1) is 74.6. The van der Waals surface area contributed by atoms with Gasteiger partial charge in [0.05, 0.1) is 39.9 Å². The number of rotatable bonds is 56. The number of phosphoric ester groups is 1. The van der Waals surface area contributed by atoms with E-state index in [2.05, 4.69) is 141 Å². The van der Waals surface area contributed by atoms with E-state index in [4.69, 9.17) is 9.05 Å². The molecule has 9 heteroatoms. The molecule has 0 rings (SSSR count). The van der Waals surface area contributed by atoms with Gasteiger partial charge in [0.1, 0.15) is 13.2 Å². The number of nitrogens with one attached hydrogen (secondary N) is 1. The minimum atomic E-state index is -4.63. The minimum Gasteiger partial charge on any atom is -0.756 e. The molecule has 0 saturated carbocycles. The molecule has 0 saturated heterocycles. The van der Waals surface area contributed by atoms with Gasteiger partial charge in [0.25, 0.3) is 7.82 Å². The molecule has 1 amide bonds. The summed E-state index contributed by atoms with van der Waals surface area (Å²) in [5.74, 6) is -0.243. The van der Waals surface area contributed by atoms with Crippen LogP contribution in [-0.4, -0.2) is 68.5 Å². The molecule has 3 unspecified atom stereocenters. The molecule has 0 aromatic carbocycles. The number of likely N-dealkylation sites (N-methyl/N-ethyl adjacent to an activating group) is 1. The fraction of sp³-hybridized carbons (Fsp3) is 0.667.